The fourth-order valence-electron chi connectivity index (χ4n) is 3.49. The van der Waals surface area contributed by atoms with E-state index >= 15 is 0 Å². The molecule has 1 fully saturated rings. The first kappa shape index (κ1) is 22.8. The Kier molecular flexibility index (Phi) is 7.69. The molecule has 168 valence electrons. The summed E-state index contributed by atoms with van der Waals surface area (Å²) in [6.45, 7) is 2.27. The highest BCUT2D eigenvalue weighted by Gasteiger charge is 2.27. The standard InChI is InChI=1S/C21H28N4O5S/c1-29-17-7-5-8-18(30-2)20(17)21(26)23-11-6-16-31(27,28)25-14-12-24(13-15-25)19-9-3-4-10-22-19/h3-5,7-10H,6,11-16H2,1-2H3,(H,23,26). The maximum absolute atomic E-state index is 12.7. The number of rotatable bonds is 9. The highest BCUT2D eigenvalue weighted by atomic mass is 32.2. The summed E-state index contributed by atoms with van der Waals surface area (Å²) in [5.41, 5.74) is 0.293. The van der Waals surface area contributed by atoms with E-state index in [-0.39, 0.29) is 18.2 Å². The number of benzene rings is 1. The molecule has 1 aliphatic rings. The Labute approximate surface area is 183 Å². The van der Waals surface area contributed by atoms with Gasteiger partial charge in [0, 0.05) is 38.9 Å². The number of aromatic nitrogens is 1. The molecule has 0 spiro atoms. The molecule has 0 radical (unpaired) electrons. The van der Waals surface area contributed by atoms with Crippen molar-refractivity contribution in [2.24, 2.45) is 0 Å². The van der Waals surface area contributed by atoms with E-state index in [1.807, 2.05) is 18.2 Å². The predicted octanol–water partition coefficient (Wildman–Crippen LogP) is 1.37. The van der Waals surface area contributed by atoms with Crippen molar-refractivity contribution in [1.82, 2.24) is 14.6 Å². The molecule has 1 N–H and O–H groups in total. The smallest absolute Gasteiger partial charge is 0.258 e. The number of anilines is 1. The molecular formula is C21H28N4O5S. The van der Waals surface area contributed by atoms with Crippen LogP contribution in [0.3, 0.4) is 0 Å². The highest BCUT2D eigenvalue weighted by Crippen LogP contribution is 2.27. The molecule has 0 atom stereocenters. The number of methoxy groups -OCH3 is 2. The zero-order valence-corrected chi connectivity index (χ0v) is 18.6. The normalized spacial score (nSPS) is 14.8. The van der Waals surface area contributed by atoms with Crippen molar-refractivity contribution in [3.05, 3.63) is 48.2 Å². The average Bonchev–Trinajstić information content (AvgIpc) is 2.81. The van der Waals surface area contributed by atoms with E-state index in [2.05, 4.69) is 15.2 Å². The molecule has 10 heteroatoms. The van der Waals surface area contributed by atoms with Gasteiger partial charge in [0.05, 0.1) is 20.0 Å². The highest BCUT2D eigenvalue weighted by molar-refractivity contribution is 7.89. The Balaban J connectivity index is 1.48. The molecule has 1 aliphatic heterocycles. The van der Waals surface area contributed by atoms with Crippen molar-refractivity contribution < 1.29 is 22.7 Å². The van der Waals surface area contributed by atoms with Gasteiger partial charge in [-0.15, -0.1) is 0 Å². The van der Waals surface area contributed by atoms with E-state index in [9.17, 15) is 13.2 Å². The van der Waals surface area contributed by atoms with Gasteiger partial charge in [-0.1, -0.05) is 12.1 Å². The Morgan fingerprint density at radius 2 is 1.71 bits per heavy atom. The van der Waals surface area contributed by atoms with Gasteiger partial charge in [-0.3, -0.25) is 4.79 Å². The Hall–Kier alpha value is -2.85. The third kappa shape index (κ3) is 5.65. The van der Waals surface area contributed by atoms with Crippen molar-refractivity contribution >= 4 is 21.7 Å². The fourth-order valence-corrected chi connectivity index (χ4v) is 4.97. The second-order valence-corrected chi connectivity index (χ2v) is 9.13. The van der Waals surface area contributed by atoms with Gasteiger partial charge in [0.15, 0.2) is 0 Å². The maximum atomic E-state index is 12.7. The summed E-state index contributed by atoms with van der Waals surface area (Å²) in [6, 6.07) is 10.8. The van der Waals surface area contributed by atoms with Crippen LogP contribution in [0.1, 0.15) is 16.8 Å². The largest absolute Gasteiger partial charge is 0.496 e. The Bertz CT molecular complexity index is 954. The zero-order valence-electron chi connectivity index (χ0n) is 17.8. The molecule has 1 amide bonds. The van der Waals surface area contributed by atoms with Crippen LogP contribution >= 0.6 is 0 Å². The number of amides is 1. The summed E-state index contributed by atoms with van der Waals surface area (Å²) in [7, 11) is -0.436. The quantitative estimate of drug-likeness (QED) is 0.578. The molecule has 2 aromatic rings. The van der Waals surface area contributed by atoms with E-state index in [4.69, 9.17) is 9.47 Å². The van der Waals surface area contributed by atoms with E-state index < -0.39 is 10.0 Å². The molecule has 2 heterocycles. The van der Waals surface area contributed by atoms with E-state index in [1.54, 1.807) is 24.4 Å². The molecule has 1 aromatic carbocycles. The van der Waals surface area contributed by atoms with Gasteiger partial charge in [-0.25, -0.2) is 13.4 Å². The van der Waals surface area contributed by atoms with Crippen molar-refractivity contribution in [2.75, 3.05) is 57.6 Å². The molecular weight excluding hydrogens is 420 g/mol. The van der Waals surface area contributed by atoms with Crippen LogP contribution in [0, 0.1) is 0 Å². The summed E-state index contributed by atoms with van der Waals surface area (Å²) < 4.78 is 37.4. The van der Waals surface area contributed by atoms with Gasteiger partial charge in [0.1, 0.15) is 22.9 Å². The second kappa shape index (κ2) is 10.5. The van der Waals surface area contributed by atoms with Crippen LogP contribution in [0.25, 0.3) is 0 Å². The van der Waals surface area contributed by atoms with Crippen LogP contribution in [0.4, 0.5) is 5.82 Å². The number of sulfonamides is 1. The van der Waals surface area contributed by atoms with Gasteiger partial charge in [0.25, 0.3) is 5.91 Å². The first-order chi connectivity index (χ1) is 15.0. The molecule has 1 aromatic heterocycles. The number of carbonyl (C=O) groups excluding carboxylic acids is 1. The lowest BCUT2D eigenvalue weighted by Gasteiger charge is -2.34. The summed E-state index contributed by atoms with van der Waals surface area (Å²) in [4.78, 5) is 19.0. The molecule has 1 saturated heterocycles. The molecule has 0 unspecified atom stereocenters. The van der Waals surface area contributed by atoms with Gasteiger partial charge >= 0.3 is 0 Å². The van der Waals surface area contributed by atoms with Gasteiger partial charge in [-0.05, 0) is 30.7 Å². The third-order valence-corrected chi connectivity index (χ3v) is 7.08. The number of ether oxygens (including phenoxy) is 2. The number of nitrogens with one attached hydrogen (secondary N) is 1. The minimum absolute atomic E-state index is 0.0279. The lowest BCUT2D eigenvalue weighted by Crippen LogP contribution is -2.49. The molecule has 0 bridgehead atoms. The van der Waals surface area contributed by atoms with Crippen LogP contribution in [-0.4, -0.2) is 76.3 Å². The topological polar surface area (TPSA) is 101 Å². The minimum atomic E-state index is -3.39. The number of piperazine rings is 1. The van der Waals surface area contributed by atoms with Crippen molar-refractivity contribution in [3.8, 4) is 11.5 Å². The van der Waals surface area contributed by atoms with E-state index in [0.717, 1.165) is 5.82 Å². The van der Waals surface area contributed by atoms with Crippen molar-refractivity contribution in [1.29, 1.82) is 0 Å². The van der Waals surface area contributed by atoms with Crippen LogP contribution < -0.4 is 19.7 Å². The summed E-state index contributed by atoms with van der Waals surface area (Å²) in [5, 5.41) is 2.75. The second-order valence-electron chi connectivity index (χ2n) is 7.04. The summed E-state index contributed by atoms with van der Waals surface area (Å²) in [5.74, 6) is 1.26. The Morgan fingerprint density at radius 1 is 1.03 bits per heavy atom. The number of carbonyl (C=O) groups is 1. The summed E-state index contributed by atoms with van der Waals surface area (Å²) in [6.07, 6.45) is 2.04. The first-order valence-corrected chi connectivity index (χ1v) is 11.7. The maximum Gasteiger partial charge on any atom is 0.258 e. The van der Waals surface area contributed by atoms with E-state index in [1.165, 1.54) is 18.5 Å². The van der Waals surface area contributed by atoms with Gasteiger partial charge < -0.3 is 19.7 Å². The fraction of sp³-hybridized carbons (Fsp3) is 0.429. The molecule has 0 saturated carbocycles. The number of pyridine rings is 1. The molecule has 9 nitrogen and oxygen atoms in total. The lowest BCUT2D eigenvalue weighted by atomic mass is 10.1. The monoisotopic (exact) mass is 448 g/mol. The molecule has 31 heavy (non-hydrogen) atoms. The predicted molar refractivity (Wildman–Crippen MR) is 118 cm³/mol. The van der Waals surface area contributed by atoms with Crippen LogP contribution in [0.15, 0.2) is 42.6 Å². The van der Waals surface area contributed by atoms with Crippen LogP contribution in [0.5, 0.6) is 11.5 Å². The average molecular weight is 449 g/mol. The number of nitrogens with zero attached hydrogens (tertiary/aromatic N) is 3. The molecule has 3 rings (SSSR count). The number of hydrogen-bond donors (Lipinski definition) is 1. The van der Waals surface area contributed by atoms with Gasteiger partial charge in [-0.2, -0.15) is 4.31 Å². The third-order valence-electron chi connectivity index (χ3n) is 5.12. The minimum Gasteiger partial charge on any atom is -0.496 e. The lowest BCUT2D eigenvalue weighted by molar-refractivity contribution is 0.0947. The SMILES string of the molecule is COc1cccc(OC)c1C(=O)NCCCS(=O)(=O)N1CCN(c2ccccn2)CC1. The summed E-state index contributed by atoms with van der Waals surface area (Å²) >= 11 is 0. The van der Waals surface area contributed by atoms with Gasteiger partial charge in [0.2, 0.25) is 10.0 Å². The zero-order chi connectivity index (χ0) is 22.3. The first-order valence-electron chi connectivity index (χ1n) is 10.1. The number of hydrogen-bond acceptors (Lipinski definition) is 7. The van der Waals surface area contributed by atoms with E-state index in [0.29, 0.717) is 49.7 Å². The van der Waals surface area contributed by atoms with Crippen molar-refractivity contribution in [2.45, 2.75) is 6.42 Å². The molecule has 0 aliphatic carbocycles. The Morgan fingerprint density at radius 3 is 2.29 bits per heavy atom. The van der Waals surface area contributed by atoms with Crippen LogP contribution in [0.2, 0.25) is 0 Å². The van der Waals surface area contributed by atoms with Crippen LogP contribution in [-0.2, 0) is 10.0 Å². The van der Waals surface area contributed by atoms with Crippen molar-refractivity contribution in [3.63, 3.8) is 0 Å².